The van der Waals surface area contributed by atoms with Crippen molar-refractivity contribution in [2.24, 2.45) is 17.6 Å². The second-order valence-electron chi connectivity index (χ2n) is 6.25. The Morgan fingerprint density at radius 2 is 1.84 bits per heavy atom. The first kappa shape index (κ1) is 13.2. The zero-order valence-electron chi connectivity index (χ0n) is 12.0. The lowest BCUT2D eigenvalue weighted by atomic mass is 10.1. The fraction of sp³-hybridized carbons (Fsp3) is 0.750. The van der Waals surface area contributed by atoms with E-state index in [4.69, 9.17) is 10.2 Å². The van der Waals surface area contributed by atoms with Gasteiger partial charge < -0.3 is 10.2 Å². The second-order valence-corrected chi connectivity index (χ2v) is 6.25. The van der Waals surface area contributed by atoms with Crippen molar-refractivity contribution in [2.75, 3.05) is 19.6 Å². The molecule has 1 atom stereocenters. The number of nitrogens with two attached hydrogens (primary N) is 1. The van der Waals surface area contributed by atoms with Gasteiger partial charge in [-0.15, -0.1) is 0 Å². The first-order chi connectivity index (χ1) is 9.30. The Morgan fingerprint density at radius 1 is 1.21 bits per heavy atom. The van der Waals surface area contributed by atoms with Crippen molar-refractivity contribution in [2.45, 2.75) is 45.1 Å². The largest absolute Gasteiger partial charge is 0.464 e. The van der Waals surface area contributed by atoms with Crippen LogP contribution in [0.5, 0.6) is 0 Å². The maximum absolute atomic E-state index is 6.05. The molecule has 2 aliphatic rings. The normalized spacial score (nSPS) is 21.0. The fourth-order valence-electron chi connectivity index (χ4n) is 2.80. The van der Waals surface area contributed by atoms with Crippen LogP contribution in [0.2, 0.25) is 0 Å². The molecule has 1 aromatic heterocycles. The maximum Gasteiger partial charge on any atom is 0.122 e. The van der Waals surface area contributed by atoms with Crippen LogP contribution >= 0.6 is 0 Å². The summed E-state index contributed by atoms with van der Waals surface area (Å²) in [6.45, 7) is 5.21. The molecule has 0 saturated heterocycles. The van der Waals surface area contributed by atoms with Gasteiger partial charge in [-0.3, -0.25) is 4.90 Å². The van der Waals surface area contributed by atoms with Gasteiger partial charge in [0.05, 0.1) is 6.04 Å². The average Bonchev–Trinajstić information content (AvgIpc) is 3.33. The lowest BCUT2D eigenvalue weighted by Gasteiger charge is -2.29. The van der Waals surface area contributed by atoms with E-state index < -0.39 is 0 Å². The van der Waals surface area contributed by atoms with Crippen LogP contribution in [-0.4, -0.2) is 24.5 Å². The van der Waals surface area contributed by atoms with Crippen molar-refractivity contribution in [1.82, 2.24) is 4.90 Å². The molecule has 1 aromatic rings. The van der Waals surface area contributed by atoms with Crippen LogP contribution < -0.4 is 5.73 Å². The molecule has 0 radical (unpaired) electrons. The Kier molecular flexibility index (Phi) is 3.94. The van der Waals surface area contributed by atoms with E-state index in [9.17, 15) is 0 Å². The molecule has 0 aromatic carbocycles. The molecular weight excluding hydrogens is 236 g/mol. The van der Waals surface area contributed by atoms with Crippen molar-refractivity contribution in [3.63, 3.8) is 0 Å². The van der Waals surface area contributed by atoms with Crippen LogP contribution in [0.4, 0.5) is 0 Å². The summed E-state index contributed by atoms with van der Waals surface area (Å²) in [7, 11) is 0. The summed E-state index contributed by atoms with van der Waals surface area (Å²) in [5.74, 6) is 3.97. The highest BCUT2D eigenvalue weighted by atomic mass is 16.3. The molecule has 0 spiro atoms. The highest BCUT2D eigenvalue weighted by molar-refractivity contribution is 5.12. The molecule has 106 valence electrons. The van der Waals surface area contributed by atoms with Crippen LogP contribution in [0.3, 0.4) is 0 Å². The molecular formula is C16H26N2O. The Bertz CT molecular complexity index is 393. The molecule has 0 bridgehead atoms. The SMILES string of the molecule is CCc1ccc(C(CN)N(CC2CC2)CC2CC2)o1. The predicted molar refractivity (Wildman–Crippen MR) is 76.9 cm³/mol. The van der Waals surface area contributed by atoms with Gasteiger partial charge >= 0.3 is 0 Å². The number of hydrogen-bond donors (Lipinski definition) is 1. The van der Waals surface area contributed by atoms with Crippen LogP contribution in [0.15, 0.2) is 16.5 Å². The number of aryl methyl sites for hydroxylation is 1. The third-order valence-corrected chi connectivity index (χ3v) is 4.40. The highest BCUT2D eigenvalue weighted by Gasteiger charge is 2.33. The molecule has 3 nitrogen and oxygen atoms in total. The van der Waals surface area contributed by atoms with E-state index in [2.05, 4.69) is 24.0 Å². The third kappa shape index (κ3) is 3.40. The summed E-state index contributed by atoms with van der Waals surface area (Å²) in [4.78, 5) is 2.59. The number of rotatable bonds is 8. The average molecular weight is 262 g/mol. The van der Waals surface area contributed by atoms with Gasteiger partial charge in [0.15, 0.2) is 0 Å². The van der Waals surface area contributed by atoms with E-state index in [1.807, 2.05) is 0 Å². The topological polar surface area (TPSA) is 42.4 Å². The quantitative estimate of drug-likeness (QED) is 0.783. The summed E-state index contributed by atoms with van der Waals surface area (Å²) in [6.07, 6.45) is 6.56. The molecule has 1 heterocycles. The molecule has 3 heteroatoms. The van der Waals surface area contributed by atoms with Crippen molar-refractivity contribution >= 4 is 0 Å². The summed E-state index contributed by atoms with van der Waals surface area (Å²) in [5, 5.41) is 0. The smallest absolute Gasteiger partial charge is 0.122 e. The molecule has 3 rings (SSSR count). The Morgan fingerprint density at radius 3 is 2.26 bits per heavy atom. The summed E-state index contributed by atoms with van der Waals surface area (Å²) >= 11 is 0. The minimum Gasteiger partial charge on any atom is -0.464 e. The van der Waals surface area contributed by atoms with Gasteiger partial charge in [-0.25, -0.2) is 0 Å². The highest BCUT2D eigenvalue weighted by Crippen LogP contribution is 2.37. The molecule has 1 unspecified atom stereocenters. The molecule has 0 aliphatic heterocycles. The van der Waals surface area contributed by atoms with E-state index >= 15 is 0 Å². The molecule has 19 heavy (non-hydrogen) atoms. The van der Waals surface area contributed by atoms with Gasteiger partial charge in [-0.1, -0.05) is 6.92 Å². The monoisotopic (exact) mass is 262 g/mol. The van der Waals surface area contributed by atoms with E-state index in [-0.39, 0.29) is 6.04 Å². The van der Waals surface area contributed by atoms with Gasteiger partial charge in [0.2, 0.25) is 0 Å². The van der Waals surface area contributed by atoms with Crippen molar-refractivity contribution < 1.29 is 4.42 Å². The van der Waals surface area contributed by atoms with Crippen LogP contribution in [-0.2, 0) is 6.42 Å². The lowest BCUT2D eigenvalue weighted by Crippen LogP contribution is -2.36. The Balaban J connectivity index is 1.71. The minimum atomic E-state index is 0.279. The summed E-state index contributed by atoms with van der Waals surface area (Å²) in [6, 6.07) is 4.51. The van der Waals surface area contributed by atoms with Gasteiger partial charge in [0.1, 0.15) is 11.5 Å². The lowest BCUT2D eigenvalue weighted by molar-refractivity contribution is 0.163. The molecule has 2 saturated carbocycles. The van der Waals surface area contributed by atoms with Gasteiger partial charge in [-0.05, 0) is 49.7 Å². The van der Waals surface area contributed by atoms with Crippen molar-refractivity contribution in [3.8, 4) is 0 Å². The Labute approximate surface area is 116 Å². The van der Waals surface area contributed by atoms with Gasteiger partial charge in [0.25, 0.3) is 0 Å². The number of nitrogens with zero attached hydrogens (tertiary/aromatic N) is 1. The molecule has 2 aliphatic carbocycles. The van der Waals surface area contributed by atoms with Crippen LogP contribution in [0, 0.1) is 11.8 Å². The van der Waals surface area contributed by atoms with Crippen LogP contribution in [0.1, 0.15) is 50.2 Å². The standard InChI is InChI=1S/C16H26N2O/c1-2-14-7-8-16(19-14)15(9-17)18(10-12-3-4-12)11-13-5-6-13/h7-8,12-13,15H,2-6,9-11,17H2,1H3. The minimum absolute atomic E-state index is 0.279. The molecule has 2 fully saturated rings. The van der Waals surface area contributed by atoms with E-state index in [1.54, 1.807) is 0 Å². The van der Waals surface area contributed by atoms with Crippen LogP contribution in [0.25, 0.3) is 0 Å². The molecule has 0 amide bonds. The van der Waals surface area contributed by atoms with E-state index in [1.165, 1.54) is 38.8 Å². The maximum atomic E-state index is 6.05. The van der Waals surface area contributed by atoms with Gasteiger partial charge in [0, 0.05) is 26.1 Å². The van der Waals surface area contributed by atoms with Crippen molar-refractivity contribution in [1.29, 1.82) is 0 Å². The number of furan rings is 1. The predicted octanol–water partition coefficient (Wildman–Crippen LogP) is 2.96. The van der Waals surface area contributed by atoms with E-state index in [0.29, 0.717) is 6.54 Å². The summed E-state index contributed by atoms with van der Waals surface area (Å²) in [5.41, 5.74) is 6.05. The fourth-order valence-corrected chi connectivity index (χ4v) is 2.80. The third-order valence-electron chi connectivity index (χ3n) is 4.40. The first-order valence-electron chi connectivity index (χ1n) is 7.82. The zero-order valence-corrected chi connectivity index (χ0v) is 12.0. The number of hydrogen-bond acceptors (Lipinski definition) is 3. The van der Waals surface area contributed by atoms with E-state index in [0.717, 1.165) is 29.8 Å². The summed E-state index contributed by atoms with van der Waals surface area (Å²) < 4.78 is 5.95. The zero-order chi connectivity index (χ0) is 13.2. The molecule has 2 N–H and O–H groups in total. The first-order valence-corrected chi connectivity index (χ1v) is 7.82. The second kappa shape index (κ2) is 5.68. The van der Waals surface area contributed by atoms with Gasteiger partial charge in [-0.2, -0.15) is 0 Å². The van der Waals surface area contributed by atoms with Crippen molar-refractivity contribution in [3.05, 3.63) is 23.7 Å². The Hall–Kier alpha value is -0.800.